The molecule has 5 nitrogen and oxygen atoms in total. The van der Waals surface area contributed by atoms with Gasteiger partial charge in [-0.1, -0.05) is 12.1 Å². The average molecular weight is 316 g/mol. The minimum Gasteiger partial charge on any atom is -0.410 e. The first kappa shape index (κ1) is 14.6. The maximum absolute atomic E-state index is 12.4. The smallest absolute Gasteiger partial charge is 0.410 e. The largest absolute Gasteiger partial charge is 0.415 e. The summed E-state index contributed by atoms with van der Waals surface area (Å²) < 4.78 is 20.6. The fourth-order valence-electron chi connectivity index (χ4n) is 2.26. The number of hydrogen-bond donors (Lipinski definition) is 1. The SMILES string of the molecule is Cc1cccc(NS(=O)c2ccc3c(c2)CN(C)C(=O)O3)c1. The van der Waals surface area contributed by atoms with Gasteiger partial charge in [0.2, 0.25) is 0 Å². The molecule has 1 atom stereocenters. The van der Waals surface area contributed by atoms with Crippen LogP contribution in [0.5, 0.6) is 5.75 Å². The van der Waals surface area contributed by atoms with Crippen molar-refractivity contribution >= 4 is 22.8 Å². The highest BCUT2D eigenvalue weighted by Gasteiger charge is 2.22. The molecule has 0 aliphatic carbocycles. The van der Waals surface area contributed by atoms with Crippen molar-refractivity contribution in [3.8, 4) is 5.75 Å². The molecule has 1 unspecified atom stereocenters. The third-order valence-corrected chi connectivity index (χ3v) is 4.49. The Hall–Kier alpha value is -2.34. The molecule has 114 valence electrons. The Kier molecular flexibility index (Phi) is 3.85. The maximum Gasteiger partial charge on any atom is 0.415 e. The van der Waals surface area contributed by atoms with E-state index in [-0.39, 0.29) is 6.09 Å². The Morgan fingerprint density at radius 3 is 2.82 bits per heavy atom. The maximum atomic E-state index is 12.4. The second kappa shape index (κ2) is 5.81. The van der Waals surface area contributed by atoms with Crippen LogP contribution < -0.4 is 9.46 Å². The van der Waals surface area contributed by atoms with Crippen molar-refractivity contribution in [1.82, 2.24) is 4.90 Å². The quantitative estimate of drug-likeness (QED) is 0.946. The van der Waals surface area contributed by atoms with Gasteiger partial charge in [-0.25, -0.2) is 9.00 Å². The lowest BCUT2D eigenvalue weighted by Crippen LogP contribution is -2.33. The molecule has 1 amide bonds. The van der Waals surface area contributed by atoms with E-state index in [0.29, 0.717) is 17.2 Å². The first-order valence-corrected chi connectivity index (χ1v) is 7.99. The van der Waals surface area contributed by atoms with Gasteiger partial charge in [-0.15, -0.1) is 0 Å². The summed E-state index contributed by atoms with van der Waals surface area (Å²) in [6, 6.07) is 12.9. The van der Waals surface area contributed by atoms with Gasteiger partial charge >= 0.3 is 6.09 Å². The monoisotopic (exact) mass is 316 g/mol. The summed E-state index contributed by atoms with van der Waals surface area (Å²) in [5.41, 5.74) is 2.75. The van der Waals surface area contributed by atoms with Gasteiger partial charge in [0.05, 0.1) is 11.4 Å². The van der Waals surface area contributed by atoms with Gasteiger partial charge in [0.1, 0.15) is 16.7 Å². The molecule has 3 rings (SSSR count). The number of hydrogen-bond acceptors (Lipinski definition) is 3. The topological polar surface area (TPSA) is 58.6 Å². The number of carbonyl (C=O) groups is 1. The van der Waals surface area contributed by atoms with E-state index in [1.807, 2.05) is 31.2 Å². The molecular weight excluding hydrogens is 300 g/mol. The molecule has 0 aromatic heterocycles. The second-order valence-corrected chi connectivity index (χ2v) is 6.45. The number of carbonyl (C=O) groups excluding carboxylic acids is 1. The minimum absolute atomic E-state index is 0.376. The van der Waals surface area contributed by atoms with E-state index in [9.17, 15) is 9.00 Å². The molecule has 0 spiro atoms. The molecular formula is C16H16N2O3S. The summed E-state index contributed by atoms with van der Waals surface area (Å²) in [5.74, 6) is 0.527. The fourth-order valence-corrected chi connectivity index (χ4v) is 3.16. The van der Waals surface area contributed by atoms with E-state index in [4.69, 9.17) is 4.74 Å². The number of amides is 1. The molecule has 1 aliphatic heterocycles. The van der Waals surface area contributed by atoms with E-state index in [0.717, 1.165) is 16.8 Å². The van der Waals surface area contributed by atoms with Crippen molar-refractivity contribution in [2.45, 2.75) is 18.4 Å². The Morgan fingerprint density at radius 2 is 2.05 bits per heavy atom. The molecule has 1 aliphatic rings. The van der Waals surface area contributed by atoms with Crippen LogP contribution in [0.2, 0.25) is 0 Å². The van der Waals surface area contributed by atoms with Crippen molar-refractivity contribution in [1.29, 1.82) is 0 Å². The van der Waals surface area contributed by atoms with Crippen LogP contribution in [-0.4, -0.2) is 22.2 Å². The van der Waals surface area contributed by atoms with E-state index >= 15 is 0 Å². The number of aryl methyl sites for hydroxylation is 1. The first-order chi connectivity index (χ1) is 10.5. The molecule has 0 fully saturated rings. The van der Waals surface area contributed by atoms with Crippen molar-refractivity contribution in [3.63, 3.8) is 0 Å². The molecule has 2 aromatic rings. The number of nitrogens with one attached hydrogen (secondary N) is 1. The lowest BCUT2D eigenvalue weighted by molar-refractivity contribution is 0.150. The fraction of sp³-hybridized carbons (Fsp3) is 0.188. The van der Waals surface area contributed by atoms with Gasteiger partial charge in [-0.3, -0.25) is 0 Å². The van der Waals surface area contributed by atoms with E-state index < -0.39 is 11.0 Å². The first-order valence-electron chi connectivity index (χ1n) is 6.84. The predicted molar refractivity (Wildman–Crippen MR) is 85.1 cm³/mol. The Labute approximate surface area is 131 Å². The van der Waals surface area contributed by atoms with E-state index in [2.05, 4.69) is 4.72 Å². The summed E-state index contributed by atoms with van der Waals surface area (Å²) >= 11 is 0. The highest BCUT2D eigenvalue weighted by Crippen LogP contribution is 2.27. The van der Waals surface area contributed by atoms with Crippen molar-refractivity contribution in [2.75, 3.05) is 11.8 Å². The predicted octanol–water partition coefficient (Wildman–Crippen LogP) is 3.07. The summed E-state index contributed by atoms with van der Waals surface area (Å²) in [5, 5.41) is 0. The third-order valence-electron chi connectivity index (χ3n) is 3.39. The highest BCUT2D eigenvalue weighted by molar-refractivity contribution is 7.86. The van der Waals surface area contributed by atoms with Crippen LogP contribution in [0.1, 0.15) is 11.1 Å². The molecule has 0 saturated heterocycles. The molecule has 0 bridgehead atoms. The summed E-state index contributed by atoms with van der Waals surface area (Å²) in [6.45, 7) is 2.43. The van der Waals surface area contributed by atoms with Crippen LogP contribution in [0, 0.1) is 6.92 Å². The number of anilines is 1. The standard InChI is InChI=1S/C16H16N2O3S/c1-11-4-3-5-13(8-11)17-22(20)14-6-7-15-12(9-14)10-18(2)16(19)21-15/h3-9,17H,10H2,1-2H3. The Morgan fingerprint density at radius 1 is 1.23 bits per heavy atom. The number of rotatable bonds is 3. The Balaban J connectivity index is 1.82. The molecule has 0 saturated carbocycles. The van der Waals surface area contributed by atoms with Crippen LogP contribution >= 0.6 is 0 Å². The zero-order valence-electron chi connectivity index (χ0n) is 12.3. The van der Waals surface area contributed by atoms with Gasteiger partial charge in [0.15, 0.2) is 0 Å². The lowest BCUT2D eigenvalue weighted by Gasteiger charge is -2.24. The van der Waals surface area contributed by atoms with E-state index in [1.54, 1.807) is 25.2 Å². The van der Waals surface area contributed by atoms with Crippen LogP contribution in [0.3, 0.4) is 0 Å². The van der Waals surface area contributed by atoms with Gasteiger partial charge in [-0.2, -0.15) is 0 Å². The van der Waals surface area contributed by atoms with Crippen LogP contribution in [0.4, 0.5) is 10.5 Å². The average Bonchev–Trinajstić information content (AvgIpc) is 2.48. The Bertz CT molecular complexity index is 761. The third kappa shape index (κ3) is 2.96. The minimum atomic E-state index is -1.37. The molecule has 1 heterocycles. The van der Waals surface area contributed by atoms with Crippen molar-refractivity contribution in [3.05, 3.63) is 53.6 Å². The number of fused-ring (bicyclic) bond motifs is 1. The van der Waals surface area contributed by atoms with Crippen molar-refractivity contribution < 1.29 is 13.7 Å². The molecule has 6 heteroatoms. The number of ether oxygens (including phenoxy) is 1. The second-order valence-electron chi connectivity index (χ2n) is 5.23. The van der Waals surface area contributed by atoms with E-state index in [1.165, 1.54) is 4.90 Å². The molecule has 1 N–H and O–H groups in total. The molecule has 22 heavy (non-hydrogen) atoms. The van der Waals surface area contributed by atoms with Gasteiger partial charge < -0.3 is 14.4 Å². The molecule has 2 aromatic carbocycles. The summed E-state index contributed by atoms with van der Waals surface area (Å²) in [7, 11) is 0.297. The van der Waals surface area contributed by atoms with Crippen LogP contribution in [-0.2, 0) is 17.5 Å². The number of nitrogens with zero attached hydrogens (tertiary/aromatic N) is 1. The van der Waals surface area contributed by atoms with Crippen LogP contribution in [0.15, 0.2) is 47.4 Å². The van der Waals surface area contributed by atoms with Crippen LogP contribution in [0.25, 0.3) is 0 Å². The van der Waals surface area contributed by atoms with Crippen molar-refractivity contribution in [2.24, 2.45) is 0 Å². The zero-order valence-corrected chi connectivity index (χ0v) is 13.1. The summed E-state index contributed by atoms with van der Waals surface area (Å²) in [6.07, 6.45) is -0.376. The normalized spacial score (nSPS) is 15.0. The van der Waals surface area contributed by atoms with Gasteiger partial charge in [-0.05, 0) is 42.8 Å². The lowest BCUT2D eigenvalue weighted by atomic mass is 10.2. The van der Waals surface area contributed by atoms with Gasteiger partial charge in [0.25, 0.3) is 0 Å². The highest BCUT2D eigenvalue weighted by atomic mass is 32.2. The summed E-state index contributed by atoms with van der Waals surface area (Å²) in [4.78, 5) is 13.6. The molecule has 0 radical (unpaired) electrons. The van der Waals surface area contributed by atoms with Gasteiger partial charge in [0, 0.05) is 18.3 Å². The zero-order chi connectivity index (χ0) is 15.7. The number of benzene rings is 2.